The van der Waals surface area contributed by atoms with Crippen molar-refractivity contribution in [3.63, 3.8) is 0 Å². The van der Waals surface area contributed by atoms with Crippen LogP contribution in [0.25, 0.3) is 0 Å². The predicted molar refractivity (Wildman–Crippen MR) is 63.6 cm³/mol. The van der Waals surface area contributed by atoms with Crippen molar-refractivity contribution in [2.45, 2.75) is 64.5 Å². The Kier molecular flexibility index (Phi) is 7.14. The molecule has 0 aromatic carbocycles. The summed E-state index contributed by atoms with van der Waals surface area (Å²) in [6.45, 7) is 5.98. The third kappa shape index (κ3) is 10.2. The lowest BCUT2D eigenvalue weighted by Crippen LogP contribution is -2.24. The molecule has 2 atom stereocenters. The van der Waals surface area contributed by atoms with Gasteiger partial charge in [0.25, 0.3) is 0 Å². The Balaban J connectivity index is 3.45. The molecular weight excluding hydrogens is 190 g/mol. The van der Waals surface area contributed by atoms with Crippen LogP contribution in [0.4, 0.5) is 0 Å². The molecule has 0 radical (unpaired) electrons. The van der Waals surface area contributed by atoms with Crippen LogP contribution < -0.4 is 5.73 Å². The van der Waals surface area contributed by atoms with Crippen LogP contribution in [-0.4, -0.2) is 28.5 Å². The number of hydrogen-bond donors (Lipinski definition) is 3. The molecule has 0 aromatic rings. The SMILES string of the molecule is CC(CCCC(C)(C)O)CCC(N)CO. The zero-order valence-corrected chi connectivity index (χ0v) is 10.4. The molecule has 0 saturated carbocycles. The number of rotatable bonds is 8. The van der Waals surface area contributed by atoms with Crippen LogP contribution in [0.2, 0.25) is 0 Å². The van der Waals surface area contributed by atoms with E-state index in [-0.39, 0.29) is 12.6 Å². The molecule has 0 aliphatic rings. The minimum absolute atomic E-state index is 0.0678. The highest BCUT2D eigenvalue weighted by Crippen LogP contribution is 2.18. The number of aliphatic hydroxyl groups excluding tert-OH is 1. The molecule has 0 spiro atoms. The van der Waals surface area contributed by atoms with Crippen LogP contribution in [0.1, 0.15) is 52.9 Å². The van der Waals surface area contributed by atoms with E-state index in [0.717, 1.165) is 32.1 Å². The first kappa shape index (κ1) is 14.9. The van der Waals surface area contributed by atoms with Crippen LogP contribution in [-0.2, 0) is 0 Å². The second-order valence-corrected chi connectivity index (χ2v) is 5.33. The zero-order valence-electron chi connectivity index (χ0n) is 10.4. The van der Waals surface area contributed by atoms with Gasteiger partial charge in [-0.3, -0.25) is 0 Å². The Morgan fingerprint density at radius 2 is 1.80 bits per heavy atom. The van der Waals surface area contributed by atoms with Gasteiger partial charge in [-0.05, 0) is 39.0 Å². The first-order valence-electron chi connectivity index (χ1n) is 5.94. The minimum Gasteiger partial charge on any atom is -0.395 e. The van der Waals surface area contributed by atoms with Gasteiger partial charge < -0.3 is 15.9 Å². The minimum atomic E-state index is -0.540. The molecule has 0 amide bonds. The lowest BCUT2D eigenvalue weighted by atomic mass is 9.93. The predicted octanol–water partition coefficient (Wildman–Crippen LogP) is 1.66. The molecule has 3 heteroatoms. The van der Waals surface area contributed by atoms with Crippen LogP contribution in [0.15, 0.2) is 0 Å². The van der Waals surface area contributed by atoms with Crippen LogP contribution >= 0.6 is 0 Å². The molecule has 0 saturated heterocycles. The lowest BCUT2D eigenvalue weighted by Gasteiger charge is -2.19. The molecule has 15 heavy (non-hydrogen) atoms. The third-order valence-electron chi connectivity index (χ3n) is 2.75. The first-order chi connectivity index (χ1) is 6.85. The van der Waals surface area contributed by atoms with Crippen molar-refractivity contribution in [2.24, 2.45) is 11.7 Å². The van der Waals surface area contributed by atoms with E-state index in [4.69, 9.17) is 10.8 Å². The highest BCUT2D eigenvalue weighted by atomic mass is 16.3. The summed E-state index contributed by atoms with van der Waals surface area (Å²) in [5, 5.41) is 18.3. The largest absolute Gasteiger partial charge is 0.395 e. The van der Waals surface area contributed by atoms with Gasteiger partial charge >= 0.3 is 0 Å². The molecule has 3 nitrogen and oxygen atoms in total. The van der Waals surface area contributed by atoms with Gasteiger partial charge in [-0.15, -0.1) is 0 Å². The Labute approximate surface area is 93.7 Å². The van der Waals surface area contributed by atoms with Crippen molar-refractivity contribution in [2.75, 3.05) is 6.61 Å². The van der Waals surface area contributed by atoms with E-state index in [1.165, 1.54) is 0 Å². The van der Waals surface area contributed by atoms with E-state index >= 15 is 0 Å². The van der Waals surface area contributed by atoms with E-state index in [1.807, 2.05) is 13.8 Å². The molecule has 4 N–H and O–H groups in total. The fraction of sp³-hybridized carbons (Fsp3) is 1.00. The van der Waals surface area contributed by atoms with Gasteiger partial charge in [0.05, 0.1) is 12.2 Å². The molecule has 0 fully saturated rings. The average Bonchev–Trinajstić information content (AvgIpc) is 2.12. The average molecular weight is 217 g/mol. The highest BCUT2D eigenvalue weighted by Gasteiger charge is 2.13. The summed E-state index contributed by atoms with van der Waals surface area (Å²) in [7, 11) is 0. The molecule has 0 aliphatic heterocycles. The summed E-state index contributed by atoms with van der Waals surface area (Å²) >= 11 is 0. The second-order valence-electron chi connectivity index (χ2n) is 5.33. The van der Waals surface area contributed by atoms with E-state index in [0.29, 0.717) is 5.92 Å². The molecule has 2 unspecified atom stereocenters. The molecule has 0 bridgehead atoms. The Hall–Kier alpha value is -0.120. The van der Waals surface area contributed by atoms with Gasteiger partial charge in [0, 0.05) is 6.04 Å². The summed E-state index contributed by atoms with van der Waals surface area (Å²) in [5.41, 5.74) is 5.09. The molecule has 0 rings (SSSR count). The highest BCUT2D eigenvalue weighted by molar-refractivity contribution is 4.67. The molecule has 0 aromatic heterocycles. The van der Waals surface area contributed by atoms with Crippen molar-refractivity contribution < 1.29 is 10.2 Å². The monoisotopic (exact) mass is 217 g/mol. The summed E-state index contributed by atoms with van der Waals surface area (Å²) in [6, 6.07) is -0.0678. The fourth-order valence-corrected chi connectivity index (χ4v) is 1.62. The van der Waals surface area contributed by atoms with E-state index in [2.05, 4.69) is 6.92 Å². The number of aliphatic hydroxyl groups is 2. The van der Waals surface area contributed by atoms with Gasteiger partial charge in [0.15, 0.2) is 0 Å². The molecule has 92 valence electrons. The Morgan fingerprint density at radius 3 is 2.27 bits per heavy atom. The smallest absolute Gasteiger partial charge is 0.0591 e. The van der Waals surface area contributed by atoms with Crippen LogP contribution in [0, 0.1) is 5.92 Å². The first-order valence-corrected chi connectivity index (χ1v) is 5.94. The normalized spacial score (nSPS) is 16.4. The molecule has 0 aliphatic carbocycles. The number of nitrogens with two attached hydrogens (primary N) is 1. The summed E-state index contributed by atoms with van der Waals surface area (Å²) in [4.78, 5) is 0. The maximum Gasteiger partial charge on any atom is 0.0591 e. The van der Waals surface area contributed by atoms with Crippen LogP contribution in [0.3, 0.4) is 0 Å². The summed E-state index contributed by atoms with van der Waals surface area (Å²) in [5.74, 6) is 0.630. The van der Waals surface area contributed by atoms with Crippen molar-refractivity contribution in [3.8, 4) is 0 Å². The zero-order chi connectivity index (χ0) is 11.9. The van der Waals surface area contributed by atoms with Crippen LogP contribution in [0.5, 0.6) is 0 Å². The maximum absolute atomic E-state index is 9.53. The van der Waals surface area contributed by atoms with E-state index in [1.54, 1.807) is 0 Å². The summed E-state index contributed by atoms with van der Waals surface area (Å²) in [6.07, 6.45) is 4.98. The molecule has 0 heterocycles. The van der Waals surface area contributed by atoms with E-state index < -0.39 is 5.60 Å². The second kappa shape index (κ2) is 7.20. The van der Waals surface area contributed by atoms with Gasteiger partial charge in [0.2, 0.25) is 0 Å². The Bertz CT molecular complexity index is 154. The van der Waals surface area contributed by atoms with Crippen molar-refractivity contribution in [1.29, 1.82) is 0 Å². The van der Waals surface area contributed by atoms with Crippen molar-refractivity contribution in [1.82, 2.24) is 0 Å². The standard InChI is InChI=1S/C12H27NO2/c1-10(6-7-11(13)9-14)5-4-8-12(2,3)15/h10-11,14-15H,4-9,13H2,1-3H3. The molecular formula is C12H27NO2. The van der Waals surface area contributed by atoms with E-state index in [9.17, 15) is 5.11 Å². The summed E-state index contributed by atoms with van der Waals surface area (Å²) < 4.78 is 0. The van der Waals surface area contributed by atoms with Gasteiger partial charge in [-0.1, -0.05) is 19.8 Å². The third-order valence-corrected chi connectivity index (χ3v) is 2.75. The van der Waals surface area contributed by atoms with Gasteiger partial charge in [-0.2, -0.15) is 0 Å². The Morgan fingerprint density at radius 1 is 1.20 bits per heavy atom. The van der Waals surface area contributed by atoms with Gasteiger partial charge in [-0.25, -0.2) is 0 Å². The van der Waals surface area contributed by atoms with Crippen molar-refractivity contribution >= 4 is 0 Å². The van der Waals surface area contributed by atoms with Crippen molar-refractivity contribution in [3.05, 3.63) is 0 Å². The number of hydrogen-bond acceptors (Lipinski definition) is 3. The lowest BCUT2D eigenvalue weighted by molar-refractivity contribution is 0.0668. The maximum atomic E-state index is 9.53. The fourth-order valence-electron chi connectivity index (χ4n) is 1.62. The van der Waals surface area contributed by atoms with Gasteiger partial charge in [0.1, 0.15) is 0 Å². The quantitative estimate of drug-likeness (QED) is 0.579. The topological polar surface area (TPSA) is 66.5 Å².